The summed E-state index contributed by atoms with van der Waals surface area (Å²) in [5.74, 6) is 0.770. The van der Waals surface area contributed by atoms with Crippen LogP contribution in [0.3, 0.4) is 0 Å². The molecule has 1 amide bonds. The Kier molecular flexibility index (Phi) is 4.61. The fourth-order valence-electron chi connectivity index (χ4n) is 3.03. The van der Waals surface area contributed by atoms with Crippen molar-refractivity contribution in [1.29, 1.82) is 0 Å². The van der Waals surface area contributed by atoms with Crippen LogP contribution in [0.25, 0.3) is 0 Å². The molecule has 6 heteroatoms. The van der Waals surface area contributed by atoms with Gasteiger partial charge in [-0.05, 0) is 18.7 Å². The van der Waals surface area contributed by atoms with E-state index in [0.717, 1.165) is 11.4 Å². The minimum Gasteiger partial charge on any atom is -0.490 e. The maximum absolute atomic E-state index is 12.7. The number of benzene rings is 1. The summed E-state index contributed by atoms with van der Waals surface area (Å²) < 4.78 is 10.9. The van der Waals surface area contributed by atoms with Gasteiger partial charge in [-0.2, -0.15) is 0 Å². The zero-order valence-electron chi connectivity index (χ0n) is 12.8. The highest BCUT2D eigenvalue weighted by molar-refractivity contribution is 5.96. The summed E-state index contributed by atoms with van der Waals surface area (Å²) in [6, 6.07) is 7.47. The number of para-hydroxylation sites is 2. The molecule has 1 fully saturated rings. The molecule has 2 aliphatic rings. The van der Waals surface area contributed by atoms with Crippen molar-refractivity contribution in [3.05, 3.63) is 24.3 Å². The molecule has 2 aliphatic heterocycles. The van der Waals surface area contributed by atoms with Gasteiger partial charge < -0.3 is 19.5 Å². The first-order valence-electron chi connectivity index (χ1n) is 7.72. The third-order valence-corrected chi connectivity index (χ3v) is 4.26. The Morgan fingerprint density at radius 1 is 1.41 bits per heavy atom. The number of aliphatic hydroxyl groups is 1. The molecule has 1 aromatic rings. The summed E-state index contributed by atoms with van der Waals surface area (Å²) in [7, 11) is 0. The number of rotatable bonds is 4. The molecule has 0 bridgehead atoms. The molecule has 1 saturated heterocycles. The van der Waals surface area contributed by atoms with Gasteiger partial charge in [0, 0.05) is 0 Å². The van der Waals surface area contributed by atoms with E-state index in [0.29, 0.717) is 32.9 Å². The van der Waals surface area contributed by atoms with Gasteiger partial charge in [-0.25, -0.2) is 0 Å². The normalized spacial score (nSPS) is 24.2. The lowest BCUT2D eigenvalue weighted by Crippen LogP contribution is -2.50. The average molecular weight is 306 g/mol. The molecule has 2 heterocycles. The number of hydrogen-bond donors (Lipinski definition) is 1. The van der Waals surface area contributed by atoms with E-state index in [9.17, 15) is 9.90 Å². The van der Waals surface area contributed by atoms with Crippen molar-refractivity contribution in [3.63, 3.8) is 0 Å². The summed E-state index contributed by atoms with van der Waals surface area (Å²) in [5.41, 5.74) is 0.818. The zero-order chi connectivity index (χ0) is 15.5. The van der Waals surface area contributed by atoms with Crippen molar-refractivity contribution < 1.29 is 19.4 Å². The molecule has 3 rings (SSSR count). The predicted molar refractivity (Wildman–Crippen MR) is 82.2 cm³/mol. The molecule has 0 unspecified atom stereocenters. The number of nitrogens with zero attached hydrogens (tertiary/aromatic N) is 2. The van der Waals surface area contributed by atoms with Crippen LogP contribution < -0.4 is 9.64 Å². The number of hydrogen-bond acceptors (Lipinski definition) is 5. The average Bonchev–Trinajstić information content (AvgIpc) is 2.97. The van der Waals surface area contributed by atoms with Crippen molar-refractivity contribution in [2.75, 3.05) is 44.4 Å². The van der Waals surface area contributed by atoms with Crippen LogP contribution in [0.2, 0.25) is 0 Å². The van der Waals surface area contributed by atoms with Crippen molar-refractivity contribution >= 4 is 11.6 Å². The molecule has 6 nitrogen and oxygen atoms in total. The SMILES string of the molecule is CCN(CC(=O)N1CCOc2ccccc21)[C@H]1COC[C@@H]1O. The van der Waals surface area contributed by atoms with Crippen molar-refractivity contribution in [2.24, 2.45) is 0 Å². The largest absolute Gasteiger partial charge is 0.490 e. The number of carbonyl (C=O) groups excluding carboxylic acids is 1. The number of fused-ring (bicyclic) bond motifs is 1. The highest BCUT2D eigenvalue weighted by atomic mass is 16.5. The van der Waals surface area contributed by atoms with E-state index in [1.165, 1.54) is 0 Å². The van der Waals surface area contributed by atoms with Crippen LogP contribution in [0, 0.1) is 0 Å². The number of ether oxygens (including phenoxy) is 2. The summed E-state index contributed by atoms with van der Waals surface area (Å²) in [5, 5.41) is 9.96. The number of aliphatic hydroxyl groups excluding tert-OH is 1. The lowest BCUT2D eigenvalue weighted by molar-refractivity contribution is -0.120. The minimum absolute atomic E-state index is 0.0247. The topological polar surface area (TPSA) is 62.2 Å². The zero-order valence-corrected chi connectivity index (χ0v) is 12.8. The lowest BCUT2D eigenvalue weighted by Gasteiger charge is -2.33. The molecule has 2 atom stereocenters. The molecular formula is C16H22N2O4. The van der Waals surface area contributed by atoms with Crippen molar-refractivity contribution in [3.8, 4) is 5.75 Å². The maximum Gasteiger partial charge on any atom is 0.241 e. The fourth-order valence-corrected chi connectivity index (χ4v) is 3.03. The Bertz CT molecular complexity index is 537. The Balaban J connectivity index is 1.71. The van der Waals surface area contributed by atoms with Gasteiger partial charge in [-0.3, -0.25) is 9.69 Å². The first-order valence-corrected chi connectivity index (χ1v) is 7.72. The molecule has 1 aromatic carbocycles. The summed E-state index contributed by atoms with van der Waals surface area (Å²) in [6.45, 7) is 4.84. The third kappa shape index (κ3) is 2.95. The second-order valence-electron chi connectivity index (χ2n) is 5.60. The van der Waals surface area contributed by atoms with Gasteiger partial charge in [0.15, 0.2) is 0 Å². The smallest absolute Gasteiger partial charge is 0.241 e. The Morgan fingerprint density at radius 2 is 2.23 bits per heavy atom. The second kappa shape index (κ2) is 6.64. The van der Waals surface area contributed by atoms with Gasteiger partial charge in [0.25, 0.3) is 0 Å². The first-order chi connectivity index (χ1) is 10.7. The molecular weight excluding hydrogens is 284 g/mol. The summed E-state index contributed by atoms with van der Waals surface area (Å²) in [4.78, 5) is 16.5. The van der Waals surface area contributed by atoms with E-state index >= 15 is 0 Å². The van der Waals surface area contributed by atoms with Crippen LogP contribution in [-0.2, 0) is 9.53 Å². The lowest BCUT2D eigenvalue weighted by atomic mass is 10.1. The Morgan fingerprint density at radius 3 is 2.95 bits per heavy atom. The molecule has 0 saturated carbocycles. The van der Waals surface area contributed by atoms with E-state index in [2.05, 4.69) is 0 Å². The number of likely N-dealkylation sites (N-methyl/N-ethyl adjacent to an activating group) is 1. The number of carbonyl (C=O) groups is 1. The Labute approximate surface area is 130 Å². The molecule has 22 heavy (non-hydrogen) atoms. The van der Waals surface area contributed by atoms with Crippen molar-refractivity contribution in [1.82, 2.24) is 4.90 Å². The van der Waals surface area contributed by atoms with Crippen LogP contribution in [0.1, 0.15) is 6.92 Å². The predicted octanol–water partition coefficient (Wildman–Crippen LogP) is 0.494. The van der Waals surface area contributed by atoms with Gasteiger partial charge in [0.2, 0.25) is 5.91 Å². The van der Waals surface area contributed by atoms with E-state index in [1.807, 2.05) is 36.1 Å². The highest BCUT2D eigenvalue weighted by Gasteiger charge is 2.33. The molecule has 0 radical (unpaired) electrons. The molecule has 0 spiro atoms. The van der Waals surface area contributed by atoms with Gasteiger partial charge in [-0.15, -0.1) is 0 Å². The van der Waals surface area contributed by atoms with E-state index in [4.69, 9.17) is 9.47 Å². The van der Waals surface area contributed by atoms with Crippen LogP contribution in [0.15, 0.2) is 24.3 Å². The highest BCUT2D eigenvalue weighted by Crippen LogP contribution is 2.31. The van der Waals surface area contributed by atoms with Crippen LogP contribution in [0.4, 0.5) is 5.69 Å². The Hall–Kier alpha value is -1.63. The molecule has 1 N–H and O–H groups in total. The monoisotopic (exact) mass is 306 g/mol. The first kappa shape index (κ1) is 15.3. The molecule has 120 valence electrons. The number of amides is 1. The number of anilines is 1. The minimum atomic E-state index is -0.523. The van der Waals surface area contributed by atoms with Gasteiger partial charge in [0.1, 0.15) is 12.4 Å². The van der Waals surface area contributed by atoms with Crippen LogP contribution in [-0.4, -0.2) is 67.5 Å². The van der Waals surface area contributed by atoms with Crippen LogP contribution >= 0.6 is 0 Å². The quantitative estimate of drug-likeness (QED) is 0.877. The van der Waals surface area contributed by atoms with E-state index < -0.39 is 6.10 Å². The fraction of sp³-hybridized carbons (Fsp3) is 0.562. The summed E-state index contributed by atoms with van der Waals surface area (Å²) in [6.07, 6.45) is -0.523. The van der Waals surface area contributed by atoms with E-state index in [1.54, 1.807) is 4.90 Å². The van der Waals surface area contributed by atoms with E-state index in [-0.39, 0.29) is 18.5 Å². The van der Waals surface area contributed by atoms with Gasteiger partial charge in [0.05, 0.1) is 44.1 Å². The standard InChI is InChI=1S/C16H22N2O4/c1-2-17(13-10-21-11-14(13)19)9-16(20)18-7-8-22-15-6-4-3-5-12(15)18/h3-6,13-14,19H,2,7-11H2,1H3/t13-,14-/m0/s1. The molecule has 0 aromatic heterocycles. The molecule has 0 aliphatic carbocycles. The van der Waals surface area contributed by atoms with Gasteiger partial charge >= 0.3 is 0 Å². The van der Waals surface area contributed by atoms with Crippen LogP contribution in [0.5, 0.6) is 5.75 Å². The van der Waals surface area contributed by atoms with Crippen molar-refractivity contribution in [2.45, 2.75) is 19.1 Å². The maximum atomic E-state index is 12.7. The second-order valence-corrected chi connectivity index (χ2v) is 5.60. The summed E-state index contributed by atoms with van der Waals surface area (Å²) >= 11 is 0. The van der Waals surface area contributed by atoms with Gasteiger partial charge in [-0.1, -0.05) is 19.1 Å². The third-order valence-electron chi connectivity index (χ3n) is 4.26.